The van der Waals surface area contributed by atoms with Crippen LogP contribution in [0.15, 0.2) is 42.9 Å². The van der Waals surface area contributed by atoms with Crippen LogP contribution < -0.4 is 16.4 Å². The molecule has 98 valence electrons. The van der Waals surface area contributed by atoms with Gasteiger partial charge in [-0.15, -0.1) is 0 Å². The van der Waals surface area contributed by atoms with Crippen molar-refractivity contribution in [2.24, 2.45) is 0 Å². The average Bonchev–Trinajstić information content (AvgIpc) is 2.46. The monoisotopic (exact) mass is 257 g/mol. The smallest absolute Gasteiger partial charge is 0.251 e. The van der Waals surface area contributed by atoms with Crippen LogP contribution in [0.5, 0.6) is 0 Å². The number of nitrogens with one attached hydrogen (secondary N) is 2. The average molecular weight is 257 g/mol. The quantitative estimate of drug-likeness (QED) is 0.692. The first-order valence-corrected chi connectivity index (χ1v) is 5.90. The molecule has 0 aliphatic rings. The molecule has 0 saturated carbocycles. The summed E-state index contributed by atoms with van der Waals surface area (Å²) in [5.41, 5.74) is 6.91. The third kappa shape index (κ3) is 3.67. The molecule has 0 saturated heterocycles. The number of rotatable bonds is 5. The van der Waals surface area contributed by atoms with Gasteiger partial charge in [-0.3, -0.25) is 9.78 Å². The lowest BCUT2D eigenvalue weighted by Gasteiger charge is -2.08. The highest BCUT2D eigenvalue weighted by Crippen LogP contribution is 2.11. The molecule has 0 atom stereocenters. The van der Waals surface area contributed by atoms with E-state index >= 15 is 0 Å². The first-order chi connectivity index (χ1) is 9.27. The van der Waals surface area contributed by atoms with Crippen LogP contribution in [0.25, 0.3) is 0 Å². The van der Waals surface area contributed by atoms with Gasteiger partial charge < -0.3 is 16.4 Å². The maximum Gasteiger partial charge on any atom is 0.251 e. The predicted molar refractivity (Wildman–Crippen MR) is 73.7 cm³/mol. The zero-order valence-corrected chi connectivity index (χ0v) is 10.3. The topological polar surface area (TPSA) is 92.9 Å². The van der Waals surface area contributed by atoms with Crippen molar-refractivity contribution in [3.63, 3.8) is 0 Å². The van der Waals surface area contributed by atoms with Crippen LogP contribution in [0.2, 0.25) is 0 Å². The van der Waals surface area contributed by atoms with E-state index in [1.54, 1.807) is 42.9 Å². The maximum atomic E-state index is 11.7. The molecule has 6 nitrogen and oxygen atoms in total. The van der Waals surface area contributed by atoms with Crippen molar-refractivity contribution in [1.82, 2.24) is 15.3 Å². The first-order valence-electron chi connectivity index (χ1n) is 5.90. The fourth-order valence-electron chi connectivity index (χ4n) is 1.53. The van der Waals surface area contributed by atoms with E-state index in [0.717, 1.165) is 0 Å². The molecule has 0 aliphatic carbocycles. The lowest BCUT2D eigenvalue weighted by atomic mass is 10.2. The molecule has 0 fully saturated rings. The summed E-state index contributed by atoms with van der Waals surface area (Å²) < 4.78 is 0. The Labute approximate surface area is 111 Å². The van der Waals surface area contributed by atoms with Crippen molar-refractivity contribution in [3.8, 4) is 0 Å². The number of hydrogen-bond acceptors (Lipinski definition) is 5. The molecule has 6 heteroatoms. The van der Waals surface area contributed by atoms with Gasteiger partial charge in [-0.2, -0.15) is 0 Å². The minimum atomic E-state index is -0.127. The third-order valence-electron chi connectivity index (χ3n) is 2.48. The molecule has 2 aromatic heterocycles. The van der Waals surface area contributed by atoms with E-state index < -0.39 is 0 Å². The number of nitrogen functional groups attached to an aromatic ring is 1. The minimum absolute atomic E-state index is 0.127. The number of nitrogens with zero attached hydrogens (tertiary/aromatic N) is 2. The number of amides is 1. The number of carbonyl (C=O) groups excluding carboxylic acids is 1. The number of aromatic nitrogens is 2. The van der Waals surface area contributed by atoms with E-state index in [1.165, 1.54) is 0 Å². The Balaban J connectivity index is 1.76. The van der Waals surface area contributed by atoms with Crippen LogP contribution >= 0.6 is 0 Å². The summed E-state index contributed by atoms with van der Waals surface area (Å²) in [7, 11) is 0. The highest BCUT2D eigenvalue weighted by atomic mass is 16.1. The minimum Gasteiger partial charge on any atom is -0.396 e. The largest absolute Gasteiger partial charge is 0.396 e. The summed E-state index contributed by atoms with van der Waals surface area (Å²) in [6.45, 7) is 1.04. The number of pyridine rings is 2. The molecule has 0 aromatic carbocycles. The van der Waals surface area contributed by atoms with Crippen LogP contribution in [0, 0.1) is 0 Å². The van der Waals surface area contributed by atoms with E-state index in [-0.39, 0.29) is 5.91 Å². The Kier molecular flexibility index (Phi) is 4.28. The second-order valence-electron chi connectivity index (χ2n) is 3.86. The summed E-state index contributed by atoms with van der Waals surface area (Å²) in [4.78, 5) is 19.7. The molecule has 1 amide bonds. The van der Waals surface area contributed by atoms with Crippen LogP contribution in [0.1, 0.15) is 10.4 Å². The molecule has 0 aliphatic heterocycles. The Hall–Kier alpha value is -2.63. The molecule has 2 heterocycles. The Bertz CT molecular complexity index is 544. The van der Waals surface area contributed by atoms with Gasteiger partial charge in [0.1, 0.15) is 5.82 Å². The van der Waals surface area contributed by atoms with Gasteiger partial charge in [-0.1, -0.05) is 0 Å². The maximum absolute atomic E-state index is 11.7. The van der Waals surface area contributed by atoms with Crippen LogP contribution in [-0.2, 0) is 0 Å². The number of anilines is 2. The molecule has 2 aromatic rings. The summed E-state index contributed by atoms with van der Waals surface area (Å²) >= 11 is 0. The van der Waals surface area contributed by atoms with E-state index in [2.05, 4.69) is 20.6 Å². The van der Waals surface area contributed by atoms with E-state index in [4.69, 9.17) is 5.73 Å². The summed E-state index contributed by atoms with van der Waals surface area (Å²) in [6.07, 6.45) is 4.83. The van der Waals surface area contributed by atoms with Crippen molar-refractivity contribution in [2.75, 3.05) is 24.1 Å². The van der Waals surface area contributed by atoms with Gasteiger partial charge in [0.05, 0.1) is 5.69 Å². The van der Waals surface area contributed by atoms with E-state index in [1.807, 2.05) is 0 Å². The second kappa shape index (κ2) is 6.34. The summed E-state index contributed by atoms with van der Waals surface area (Å²) in [5.74, 6) is 0.499. The van der Waals surface area contributed by atoms with Crippen molar-refractivity contribution >= 4 is 17.4 Å². The van der Waals surface area contributed by atoms with E-state index in [0.29, 0.717) is 30.2 Å². The zero-order valence-electron chi connectivity index (χ0n) is 10.3. The molecule has 4 N–H and O–H groups in total. The van der Waals surface area contributed by atoms with Gasteiger partial charge in [-0.05, 0) is 24.3 Å². The van der Waals surface area contributed by atoms with Crippen molar-refractivity contribution < 1.29 is 4.79 Å². The number of hydrogen-bond donors (Lipinski definition) is 3. The van der Waals surface area contributed by atoms with E-state index in [9.17, 15) is 4.79 Å². The summed E-state index contributed by atoms with van der Waals surface area (Å²) in [5, 5.41) is 5.85. The normalized spacial score (nSPS) is 9.89. The van der Waals surface area contributed by atoms with Gasteiger partial charge in [0.25, 0.3) is 5.91 Å². The number of carbonyl (C=O) groups is 1. The fourth-order valence-corrected chi connectivity index (χ4v) is 1.53. The van der Waals surface area contributed by atoms with Crippen molar-refractivity contribution in [2.45, 2.75) is 0 Å². The molecule has 19 heavy (non-hydrogen) atoms. The molecule has 0 bridgehead atoms. The van der Waals surface area contributed by atoms with Crippen LogP contribution in [0.4, 0.5) is 11.5 Å². The van der Waals surface area contributed by atoms with Crippen molar-refractivity contribution in [3.05, 3.63) is 48.4 Å². The Morgan fingerprint density at radius 1 is 1.16 bits per heavy atom. The second-order valence-corrected chi connectivity index (χ2v) is 3.86. The van der Waals surface area contributed by atoms with Gasteiger partial charge in [0.15, 0.2) is 0 Å². The lowest BCUT2D eigenvalue weighted by Crippen LogP contribution is -2.29. The highest BCUT2D eigenvalue weighted by molar-refractivity contribution is 5.93. The molecule has 2 rings (SSSR count). The lowest BCUT2D eigenvalue weighted by molar-refractivity contribution is 0.0955. The first kappa shape index (κ1) is 12.8. The zero-order chi connectivity index (χ0) is 13.5. The van der Waals surface area contributed by atoms with Gasteiger partial charge in [0, 0.05) is 37.2 Å². The summed E-state index contributed by atoms with van der Waals surface area (Å²) in [6, 6.07) is 6.87. The predicted octanol–water partition coefficient (Wildman–Crippen LogP) is 0.901. The molecule has 0 radical (unpaired) electrons. The molecule has 0 spiro atoms. The Morgan fingerprint density at radius 2 is 1.95 bits per heavy atom. The standard InChI is InChI=1S/C13H15N5O/c14-11-2-1-5-16-12(11)17-8-9-18-13(19)10-3-6-15-7-4-10/h1-7H,8-9,14H2,(H,16,17)(H,18,19). The third-order valence-corrected chi connectivity index (χ3v) is 2.48. The molecular weight excluding hydrogens is 242 g/mol. The highest BCUT2D eigenvalue weighted by Gasteiger charge is 2.03. The van der Waals surface area contributed by atoms with Crippen LogP contribution in [-0.4, -0.2) is 29.0 Å². The van der Waals surface area contributed by atoms with Gasteiger partial charge in [0.2, 0.25) is 0 Å². The molecular formula is C13H15N5O. The Morgan fingerprint density at radius 3 is 2.68 bits per heavy atom. The number of nitrogens with two attached hydrogens (primary N) is 1. The van der Waals surface area contributed by atoms with Gasteiger partial charge >= 0.3 is 0 Å². The van der Waals surface area contributed by atoms with Gasteiger partial charge in [-0.25, -0.2) is 4.98 Å². The van der Waals surface area contributed by atoms with Crippen LogP contribution in [0.3, 0.4) is 0 Å². The van der Waals surface area contributed by atoms with Crippen molar-refractivity contribution in [1.29, 1.82) is 0 Å². The SMILES string of the molecule is Nc1cccnc1NCCNC(=O)c1ccncc1. The fraction of sp³-hybridized carbons (Fsp3) is 0.154. The molecule has 0 unspecified atom stereocenters.